The number of carbonyl (C=O) groups excluding carboxylic acids is 1. The van der Waals surface area contributed by atoms with Gasteiger partial charge in [-0.2, -0.15) is 0 Å². The maximum absolute atomic E-state index is 11.9. The van der Waals surface area contributed by atoms with Gasteiger partial charge in [0.25, 0.3) is 0 Å². The maximum atomic E-state index is 11.9. The van der Waals surface area contributed by atoms with Crippen LogP contribution in [0.25, 0.3) is 0 Å². The second kappa shape index (κ2) is 8.55. The normalized spacial score (nSPS) is 17.4. The molecule has 1 fully saturated rings. The minimum absolute atomic E-state index is 0.208. The van der Waals surface area contributed by atoms with E-state index >= 15 is 0 Å². The third-order valence-electron chi connectivity index (χ3n) is 2.95. The summed E-state index contributed by atoms with van der Waals surface area (Å²) in [5.41, 5.74) is 5.70. The topological polar surface area (TPSA) is 80.0 Å². The van der Waals surface area contributed by atoms with Crippen molar-refractivity contribution in [1.82, 2.24) is 10.2 Å². The van der Waals surface area contributed by atoms with Crippen LogP contribution in [0.15, 0.2) is 4.99 Å². The summed E-state index contributed by atoms with van der Waals surface area (Å²) in [6, 6.07) is 0.208. The Labute approximate surface area is 113 Å². The number of amides is 1. The van der Waals surface area contributed by atoms with Gasteiger partial charge in [-0.25, -0.2) is 4.79 Å². The van der Waals surface area contributed by atoms with Crippen molar-refractivity contribution >= 4 is 12.1 Å². The number of piperidine rings is 1. The van der Waals surface area contributed by atoms with Crippen LogP contribution in [0.5, 0.6) is 0 Å². The summed E-state index contributed by atoms with van der Waals surface area (Å²) < 4.78 is 16.8. The van der Waals surface area contributed by atoms with E-state index in [1.54, 1.807) is 11.8 Å². The lowest BCUT2D eigenvalue weighted by molar-refractivity contribution is 0.0963. The molecule has 7 heteroatoms. The average Bonchev–Trinajstić information content (AvgIpc) is 2.40. The fraction of sp³-hybridized carbons (Fsp3) is 0.833. The van der Waals surface area contributed by atoms with Crippen LogP contribution in [0.3, 0.4) is 0 Å². The van der Waals surface area contributed by atoms with Crippen LogP contribution in [0.2, 0.25) is 0 Å². The van der Waals surface area contributed by atoms with E-state index in [-0.39, 0.29) is 18.8 Å². The summed E-state index contributed by atoms with van der Waals surface area (Å²) in [5.74, 6) is 0.350. The molecule has 0 bridgehead atoms. The summed E-state index contributed by atoms with van der Waals surface area (Å²) in [7, 11) is 0. The molecular formula is C12H23FN4O2. The summed E-state index contributed by atoms with van der Waals surface area (Å²) >= 11 is 0. The third kappa shape index (κ3) is 5.76. The predicted octanol–water partition coefficient (Wildman–Crippen LogP) is 0.871. The van der Waals surface area contributed by atoms with E-state index in [1.165, 1.54) is 0 Å². The van der Waals surface area contributed by atoms with Crippen LogP contribution < -0.4 is 11.1 Å². The fourth-order valence-electron chi connectivity index (χ4n) is 1.94. The van der Waals surface area contributed by atoms with Gasteiger partial charge in [0.15, 0.2) is 5.96 Å². The van der Waals surface area contributed by atoms with Gasteiger partial charge >= 0.3 is 6.09 Å². The number of guanidine groups is 1. The van der Waals surface area contributed by atoms with Crippen LogP contribution in [0.1, 0.15) is 26.2 Å². The van der Waals surface area contributed by atoms with Crippen molar-refractivity contribution < 1.29 is 13.9 Å². The van der Waals surface area contributed by atoms with Crippen LogP contribution in [-0.4, -0.2) is 55.9 Å². The molecule has 1 aliphatic heterocycles. The average molecular weight is 274 g/mol. The lowest BCUT2D eigenvalue weighted by atomic mass is 10.1. The highest BCUT2D eigenvalue weighted by Gasteiger charge is 2.23. The van der Waals surface area contributed by atoms with Gasteiger partial charge in [0, 0.05) is 25.7 Å². The van der Waals surface area contributed by atoms with Crippen molar-refractivity contribution in [3.8, 4) is 0 Å². The molecule has 1 aliphatic rings. The van der Waals surface area contributed by atoms with E-state index in [9.17, 15) is 9.18 Å². The van der Waals surface area contributed by atoms with E-state index in [0.29, 0.717) is 38.6 Å². The van der Waals surface area contributed by atoms with Gasteiger partial charge in [0.2, 0.25) is 0 Å². The number of hydrogen-bond acceptors (Lipinski definition) is 3. The number of halogens is 1. The van der Waals surface area contributed by atoms with E-state index in [4.69, 9.17) is 10.5 Å². The molecule has 0 saturated carbocycles. The molecule has 1 saturated heterocycles. The van der Waals surface area contributed by atoms with Crippen LogP contribution >= 0.6 is 0 Å². The van der Waals surface area contributed by atoms with Crippen molar-refractivity contribution in [2.45, 2.75) is 32.2 Å². The monoisotopic (exact) mass is 274 g/mol. The highest BCUT2D eigenvalue weighted by molar-refractivity contribution is 5.78. The Morgan fingerprint density at radius 3 is 2.79 bits per heavy atom. The first kappa shape index (κ1) is 15.5. The number of aliphatic imine (C=N–C) groups is 1. The van der Waals surface area contributed by atoms with E-state index < -0.39 is 0 Å². The molecule has 3 N–H and O–H groups in total. The molecule has 0 aromatic carbocycles. The zero-order valence-corrected chi connectivity index (χ0v) is 11.4. The lowest BCUT2D eigenvalue weighted by Crippen LogP contribution is -2.48. The van der Waals surface area contributed by atoms with Gasteiger partial charge in [-0.1, -0.05) is 0 Å². The fourth-order valence-corrected chi connectivity index (χ4v) is 1.94. The third-order valence-corrected chi connectivity index (χ3v) is 2.95. The summed E-state index contributed by atoms with van der Waals surface area (Å²) in [4.78, 5) is 17.2. The summed E-state index contributed by atoms with van der Waals surface area (Å²) in [6.07, 6.45) is 1.74. The largest absolute Gasteiger partial charge is 0.450 e. The van der Waals surface area contributed by atoms with Crippen LogP contribution in [-0.2, 0) is 4.74 Å². The van der Waals surface area contributed by atoms with Gasteiger partial charge in [0.05, 0.1) is 13.3 Å². The molecule has 19 heavy (non-hydrogen) atoms. The Balaban J connectivity index is 2.26. The van der Waals surface area contributed by atoms with Crippen molar-refractivity contribution in [1.29, 1.82) is 0 Å². The first-order valence-corrected chi connectivity index (χ1v) is 6.71. The molecule has 0 radical (unpaired) electrons. The van der Waals surface area contributed by atoms with E-state index in [0.717, 1.165) is 12.8 Å². The Kier molecular flexibility index (Phi) is 6.99. The van der Waals surface area contributed by atoms with Gasteiger partial charge in [-0.3, -0.25) is 9.38 Å². The second-order valence-electron chi connectivity index (χ2n) is 4.41. The Morgan fingerprint density at radius 1 is 1.53 bits per heavy atom. The zero-order valence-electron chi connectivity index (χ0n) is 11.4. The number of nitrogens with one attached hydrogen (secondary N) is 1. The zero-order chi connectivity index (χ0) is 14.1. The van der Waals surface area contributed by atoms with Crippen molar-refractivity contribution in [2.24, 2.45) is 10.7 Å². The SMILES string of the molecule is CCOC(=O)N1CCC(NC(N)=NCCCF)CC1. The molecule has 0 atom stereocenters. The number of nitrogens with two attached hydrogens (primary N) is 1. The number of nitrogens with zero attached hydrogens (tertiary/aromatic N) is 2. The number of hydrogen-bond donors (Lipinski definition) is 2. The molecule has 1 heterocycles. The first-order chi connectivity index (χ1) is 9.17. The standard InChI is InChI=1S/C12H23FN4O2/c1-2-19-12(18)17-8-4-10(5-9-17)16-11(14)15-7-3-6-13/h10H,2-9H2,1H3,(H3,14,15,16). The quantitative estimate of drug-likeness (QED) is 0.443. The van der Waals surface area contributed by atoms with Gasteiger partial charge in [-0.15, -0.1) is 0 Å². The first-order valence-electron chi connectivity index (χ1n) is 6.71. The Bertz CT molecular complexity index is 304. The maximum Gasteiger partial charge on any atom is 0.409 e. The number of rotatable bonds is 5. The lowest BCUT2D eigenvalue weighted by Gasteiger charge is -2.31. The molecule has 1 rings (SSSR count). The van der Waals surface area contributed by atoms with E-state index in [1.807, 2.05) is 0 Å². The van der Waals surface area contributed by atoms with E-state index in [2.05, 4.69) is 10.3 Å². The van der Waals surface area contributed by atoms with Crippen molar-refractivity contribution in [3.05, 3.63) is 0 Å². The number of carbonyl (C=O) groups is 1. The van der Waals surface area contributed by atoms with Gasteiger partial charge < -0.3 is 20.7 Å². The smallest absolute Gasteiger partial charge is 0.409 e. The number of alkyl halides is 1. The molecule has 1 amide bonds. The van der Waals surface area contributed by atoms with Crippen molar-refractivity contribution in [2.75, 3.05) is 32.9 Å². The minimum atomic E-state index is -0.380. The van der Waals surface area contributed by atoms with Crippen LogP contribution in [0, 0.1) is 0 Å². The molecule has 6 nitrogen and oxygen atoms in total. The number of ether oxygens (including phenoxy) is 1. The molecule has 110 valence electrons. The Hall–Kier alpha value is -1.53. The Morgan fingerprint density at radius 2 is 2.21 bits per heavy atom. The molecule has 0 aliphatic carbocycles. The molecule has 0 unspecified atom stereocenters. The molecular weight excluding hydrogens is 251 g/mol. The highest BCUT2D eigenvalue weighted by Crippen LogP contribution is 2.11. The van der Waals surface area contributed by atoms with Gasteiger partial charge in [-0.05, 0) is 26.2 Å². The molecule has 0 aromatic rings. The molecule has 0 aromatic heterocycles. The van der Waals surface area contributed by atoms with Crippen LogP contribution in [0.4, 0.5) is 9.18 Å². The predicted molar refractivity (Wildman–Crippen MR) is 71.8 cm³/mol. The van der Waals surface area contributed by atoms with Crippen molar-refractivity contribution in [3.63, 3.8) is 0 Å². The minimum Gasteiger partial charge on any atom is -0.450 e. The summed E-state index contributed by atoms with van der Waals surface area (Å²) in [5, 5.41) is 3.10. The molecule has 0 spiro atoms. The highest BCUT2D eigenvalue weighted by atomic mass is 19.1. The second-order valence-corrected chi connectivity index (χ2v) is 4.41. The summed E-state index contributed by atoms with van der Waals surface area (Å²) in [6.45, 7) is 3.50. The van der Waals surface area contributed by atoms with Gasteiger partial charge in [0.1, 0.15) is 0 Å². The number of likely N-dealkylation sites (tertiary alicyclic amines) is 1.